The molecule has 0 spiro atoms. The van der Waals surface area contributed by atoms with Gasteiger partial charge >= 0.3 is 0 Å². The Bertz CT molecular complexity index is 540. The SMILES string of the molecule is CC1SCCC1Nc1c(Cl)ccc2scnc12. The lowest BCUT2D eigenvalue weighted by Crippen LogP contribution is -2.25. The van der Waals surface area contributed by atoms with E-state index in [1.165, 1.54) is 16.9 Å². The molecule has 0 amide bonds. The number of nitrogens with zero attached hydrogens (tertiary/aromatic N) is 1. The van der Waals surface area contributed by atoms with Gasteiger partial charge in [0.2, 0.25) is 0 Å². The van der Waals surface area contributed by atoms with E-state index in [0.29, 0.717) is 11.3 Å². The first-order valence-corrected chi connectivity index (χ1v) is 7.96. The van der Waals surface area contributed by atoms with Crippen molar-refractivity contribution in [3.05, 3.63) is 22.7 Å². The maximum Gasteiger partial charge on any atom is 0.106 e. The molecule has 0 radical (unpaired) electrons. The van der Waals surface area contributed by atoms with Crippen LogP contribution in [0.25, 0.3) is 10.2 Å². The van der Waals surface area contributed by atoms with Crippen molar-refractivity contribution in [2.24, 2.45) is 0 Å². The maximum atomic E-state index is 6.28. The fourth-order valence-electron chi connectivity index (χ4n) is 2.15. The Kier molecular flexibility index (Phi) is 3.19. The quantitative estimate of drug-likeness (QED) is 0.892. The second-order valence-electron chi connectivity index (χ2n) is 4.24. The summed E-state index contributed by atoms with van der Waals surface area (Å²) in [5.74, 6) is 1.23. The average Bonchev–Trinajstić information content (AvgIpc) is 2.92. The Hall–Kier alpha value is -0.450. The lowest BCUT2D eigenvalue weighted by molar-refractivity contribution is 0.725. The first-order chi connectivity index (χ1) is 8.25. The van der Waals surface area contributed by atoms with Gasteiger partial charge in [0.1, 0.15) is 5.52 Å². The normalized spacial score (nSPS) is 24.4. The van der Waals surface area contributed by atoms with Crippen LogP contribution in [0.2, 0.25) is 5.02 Å². The van der Waals surface area contributed by atoms with Crippen molar-refractivity contribution in [1.29, 1.82) is 0 Å². The van der Waals surface area contributed by atoms with Crippen molar-refractivity contribution >= 4 is 50.6 Å². The Morgan fingerprint density at radius 2 is 2.35 bits per heavy atom. The van der Waals surface area contributed by atoms with Crippen LogP contribution >= 0.6 is 34.7 Å². The first-order valence-electron chi connectivity index (χ1n) is 5.65. The fraction of sp³-hybridized carbons (Fsp3) is 0.417. The van der Waals surface area contributed by atoms with Crippen molar-refractivity contribution in [2.75, 3.05) is 11.1 Å². The summed E-state index contributed by atoms with van der Waals surface area (Å²) < 4.78 is 1.19. The second kappa shape index (κ2) is 4.67. The molecular formula is C12H13ClN2S2. The van der Waals surface area contributed by atoms with Crippen LogP contribution in [0.15, 0.2) is 17.6 Å². The molecule has 1 aromatic carbocycles. The number of thiazole rings is 1. The minimum absolute atomic E-state index is 0.504. The highest BCUT2D eigenvalue weighted by molar-refractivity contribution is 8.00. The summed E-state index contributed by atoms with van der Waals surface area (Å²) in [4.78, 5) is 4.41. The number of hydrogen-bond acceptors (Lipinski definition) is 4. The topological polar surface area (TPSA) is 24.9 Å². The minimum atomic E-state index is 0.504. The molecule has 5 heteroatoms. The molecule has 2 nitrogen and oxygen atoms in total. The Morgan fingerprint density at radius 1 is 1.47 bits per heavy atom. The van der Waals surface area contributed by atoms with Crippen LogP contribution in [-0.4, -0.2) is 22.0 Å². The van der Waals surface area contributed by atoms with Crippen LogP contribution < -0.4 is 5.32 Å². The molecule has 3 rings (SSSR count). The molecule has 1 aromatic heterocycles. The predicted molar refractivity (Wildman–Crippen MR) is 78.6 cm³/mol. The first kappa shape index (κ1) is 11.6. The molecule has 0 aliphatic carbocycles. The molecule has 17 heavy (non-hydrogen) atoms. The molecular weight excluding hydrogens is 272 g/mol. The second-order valence-corrected chi connectivity index (χ2v) is 7.02. The van der Waals surface area contributed by atoms with Crippen LogP contribution in [0.4, 0.5) is 5.69 Å². The minimum Gasteiger partial charge on any atom is -0.378 e. The highest BCUT2D eigenvalue weighted by Gasteiger charge is 2.25. The van der Waals surface area contributed by atoms with Gasteiger partial charge in [-0.2, -0.15) is 11.8 Å². The van der Waals surface area contributed by atoms with E-state index in [1.54, 1.807) is 11.3 Å². The third-order valence-electron chi connectivity index (χ3n) is 3.16. The average molecular weight is 285 g/mol. The van der Waals surface area contributed by atoms with Crippen molar-refractivity contribution < 1.29 is 0 Å². The van der Waals surface area contributed by atoms with Gasteiger partial charge in [-0.15, -0.1) is 11.3 Å². The zero-order valence-corrected chi connectivity index (χ0v) is 11.8. The van der Waals surface area contributed by atoms with Crippen LogP contribution in [-0.2, 0) is 0 Å². The molecule has 2 unspecified atom stereocenters. The smallest absolute Gasteiger partial charge is 0.106 e. The lowest BCUT2D eigenvalue weighted by Gasteiger charge is -2.19. The molecule has 2 atom stereocenters. The molecule has 1 aliphatic heterocycles. The van der Waals surface area contributed by atoms with E-state index >= 15 is 0 Å². The lowest BCUT2D eigenvalue weighted by atomic mass is 10.1. The maximum absolute atomic E-state index is 6.28. The number of fused-ring (bicyclic) bond motifs is 1. The fourth-order valence-corrected chi connectivity index (χ4v) is 4.24. The number of nitrogens with one attached hydrogen (secondary N) is 1. The van der Waals surface area contributed by atoms with Gasteiger partial charge in [0.25, 0.3) is 0 Å². The summed E-state index contributed by atoms with van der Waals surface area (Å²) >= 11 is 9.95. The molecule has 1 saturated heterocycles. The van der Waals surface area contributed by atoms with Gasteiger partial charge < -0.3 is 5.32 Å². The number of hydrogen-bond donors (Lipinski definition) is 1. The van der Waals surface area contributed by atoms with Gasteiger partial charge in [-0.3, -0.25) is 0 Å². The van der Waals surface area contributed by atoms with Crippen LogP contribution in [0.1, 0.15) is 13.3 Å². The van der Waals surface area contributed by atoms with Gasteiger partial charge in [-0.1, -0.05) is 18.5 Å². The van der Waals surface area contributed by atoms with E-state index in [4.69, 9.17) is 11.6 Å². The highest BCUT2D eigenvalue weighted by Crippen LogP contribution is 2.36. The number of aromatic nitrogens is 1. The number of thioether (sulfide) groups is 1. The Morgan fingerprint density at radius 3 is 3.12 bits per heavy atom. The van der Waals surface area contributed by atoms with E-state index in [0.717, 1.165) is 16.2 Å². The van der Waals surface area contributed by atoms with Crippen molar-refractivity contribution in [3.63, 3.8) is 0 Å². The summed E-state index contributed by atoms with van der Waals surface area (Å²) in [6.07, 6.45) is 1.20. The number of anilines is 1. The van der Waals surface area contributed by atoms with Crippen LogP contribution in [0, 0.1) is 0 Å². The molecule has 2 heterocycles. The third-order valence-corrected chi connectivity index (χ3v) is 5.59. The zero-order valence-electron chi connectivity index (χ0n) is 9.44. The summed E-state index contributed by atoms with van der Waals surface area (Å²) in [5.41, 5.74) is 3.88. The number of halogens is 1. The molecule has 0 saturated carbocycles. The van der Waals surface area contributed by atoms with Gasteiger partial charge in [0.05, 0.1) is 20.9 Å². The molecule has 90 valence electrons. The Labute approximate surface area is 114 Å². The van der Waals surface area contributed by atoms with Crippen molar-refractivity contribution in [3.8, 4) is 0 Å². The van der Waals surface area contributed by atoms with Crippen molar-refractivity contribution in [1.82, 2.24) is 4.98 Å². The number of rotatable bonds is 2. The van der Waals surface area contributed by atoms with Gasteiger partial charge in [0, 0.05) is 11.3 Å². The van der Waals surface area contributed by atoms with E-state index in [1.807, 2.05) is 29.4 Å². The summed E-state index contributed by atoms with van der Waals surface area (Å²) in [6, 6.07) is 4.50. The van der Waals surface area contributed by atoms with E-state index in [9.17, 15) is 0 Å². The molecule has 1 N–H and O–H groups in total. The molecule has 1 fully saturated rings. The Balaban J connectivity index is 1.98. The van der Waals surface area contributed by atoms with Crippen molar-refractivity contribution in [2.45, 2.75) is 24.6 Å². The summed E-state index contributed by atoms with van der Waals surface area (Å²) in [5, 5.41) is 4.99. The van der Waals surface area contributed by atoms with Crippen LogP contribution in [0.5, 0.6) is 0 Å². The highest BCUT2D eigenvalue weighted by atomic mass is 35.5. The third kappa shape index (κ3) is 2.14. The predicted octanol–water partition coefficient (Wildman–Crippen LogP) is 4.26. The van der Waals surface area contributed by atoms with E-state index in [-0.39, 0.29) is 0 Å². The monoisotopic (exact) mass is 284 g/mol. The van der Waals surface area contributed by atoms with E-state index < -0.39 is 0 Å². The van der Waals surface area contributed by atoms with Crippen LogP contribution in [0.3, 0.4) is 0 Å². The molecule has 0 bridgehead atoms. The largest absolute Gasteiger partial charge is 0.378 e. The summed E-state index contributed by atoms with van der Waals surface area (Å²) in [6.45, 7) is 2.27. The number of benzene rings is 1. The summed E-state index contributed by atoms with van der Waals surface area (Å²) in [7, 11) is 0. The molecule has 2 aromatic rings. The van der Waals surface area contributed by atoms with Gasteiger partial charge in [0.15, 0.2) is 0 Å². The standard InChI is InChI=1S/C12H13ClN2S2/c1-7-9(4-5-16-7)15-11-8(13)2-3-10-12(11)14-6-17-10/h2-3,6-7,9,15H,4-5H2,1H3. The van der Waals surface area contributed by atoms with Gasteiger partial charge in [-0.25, -0.2) is 4.98 Å². The zero-order chi connectivity index (χ0) is 11.8. The molecule has 1 aliphatic rings. The van der Waals surface area contributed by atoms with E-state index in [2.05, 4.69) is 17.2 Å². The van der Waals surface area contributed by atoms with Gasteiger partial charge in [-0.05, 0) is 24.3 Å².